The second-order valence-electron chi connectivity index (χ2n) is 3.80. The Labute approximate surface area is 109 Å². The average molecular weight is 258 g/mol. The fourth-order valence-electron chi connectivity index (χ4n) is 1.52. The zero-order valence-corrected chi connectivity index (χ0v) is 9.89. The van der Waals surface area contributed by atoms with E-state index in [2.05, 4.69) is 10.6 Å². The number of halogens is 1. The lowest BCUT2D eigenvalue weighted by Gasteiger charge is -2.06. The number of benzene rings is 2. The van der Waals surface area contributed by atoms with Crippen LogP contribution in [-0.4, -0.2) is 12.3 Å². The van der Waals surface area contributed by atoms with Crippen LogP contribution < -0.4 is 10.6 Å². The maximum atomic E-state index is 12.7. The first-order valence-corrected chi connectivity index (χ1v) is 5.56. The molecule has 0 fully saturated rings. The lowest BCUT2D eigenvalue weighted by atomic mass is 10.2. The van der Waals surface area contributed by atoms with Gasteiger partial charge in [0.2, 0.25) is 6.41 Å². The third-order valence-electron chi connectivity index (χ3n) is 2.47. The second kappa shape index (κ2) is 5.77. The van der Waals surface area contributed by atoms with E-state index >= 15 is 0 Å². The molecule has 0 aliphatic carbocycles. The summed E-state index contributed by atoms with van der Waals surface area (Å²) in [5, 5.41) is 5.12. The number of nitrogens with one attached hydrogen (secondary N) is 2. The van der Waals surface area contributed by atoms with Gasteiger partial charge in [-0.25, -0.2) is 4.39 Å². The topological polar surface area (TPSA) is 58.2 Å². The SMILES string of the molecule is O=CNc1ccc(C(=O)Nc2ccc(F)cc2)cc1. The molecule has 0 saturated heterocycles. The van der Waals surface area contributed by atoms with Gasteiger partial charge in [0.25, 0.3) is 5.91 Å². The Morgan fingerprint density at radius 3 is 2.11 bits per heavy atom. The smallest absolute Gasteiger partial charge is 0.255 e. The molecule has 2 rings (SSSR count). The first-order chi connectivity index (χ1) is 9.19. The lowest BCUT2D eigenvalue weighted by Crippen LogP contribution is -2.11. The van der Waals surface area contributed by atoms with Crippen LogP contribution in [0.25, 0.3) is 0 Å². The van der Waals surface area contributed by atoms with Gasteiger partial charge in [-0.15, -0.1) is 0 Å². The van der Waals surface area contributed by atoms with Crippen molar-refractivity contribution in [2.75, 3.05) is 10.6 Å². The molecule has 2 N–H and O–H groups in total. The molecule has 0 saturated carbocycles. The average Bonchev–Trinajstić information content (AvgIpc) is 2.42. The number of rotatable bonds is 4. The third kappa shape index (κ3) is 3.38. The van der Waals surface area contributed by atoms with Crippen molar-refractivity contribution in [3.8, 4) is 0 Å². The largest absolute Gasteiger partial charge is 0.329 e. The number of hydrogen-bond acceptors (Lipinski definition) is 2. The van der Waals surface area contributed by atoms with Crippen LogP contribution in [-0.2, 0) is 4.79 Å². The zero-order chi connectivity index (χ0) is 13.7. The van der Waals surface area contributed by atoms with Crippen molar-refractivity contribution >= 4 is 23.7 Å². The van der Waals surface area contributed by atoms with Crippen LogP contribution in [0.1, 0.15) is 10.4 Å². The normalized spacial score (nSPS) is 9.74. The van der Waals surface area contributed by atoms with Gasteiger partial charge < -0.3 is 10.6 Å². The standard InChI is InChI=1S/C14H11FN2O2/c15-11-3-7-13(8-4-11)17-14(19)10-1-5-12(6-2-10)16-9-18/h1-9H,(H,16,18)(H,17,19). The monoisotopic (exact) mass is 258 g/mol. The van der Waals surface area contributed by atoms with Crippen molar-refractivity contribution in [1.29, 1.82) is 0 Å². The molecule has 0 aliphatic rings. The fraction of sp³-hybridized carbons (Fsp3) is 0. The number of amides is 2. The van der Waals surface area contributed by atoms with Crippen LogP contribution in [0.4, 0.5) is 15.8 Å². The van der Waals surface area contributed by atoms with Crippen molar-refractivity contribution < 1.29 is 14.0 Å². The summed E-state index contributed by atoms with van der Waals surface area (Å²) in [4.78, 5) is 22.1. The van der Waals surface area contributed by atoms with Gasteiger partial charge in [0.05, 0.1) is 0 Å². The molecule has 0 atom stereocenters. The maximum Gasteiger partial charge on any atom is 0.255 e. The molecule has 2 aromatic carbocycles. The Balaban J connectivity index is 2.07. The van der Waals surface area contributed by atoms with Crippen LogP contribution in [0, 0.1) is 5.82 Å². The van der Waals surface area contributed by atoms with Gasteiger partial charge in [-0.3, -0.25) is 9.59 Å². The summed E-state index contributed by atoms with van der Waals surface area (Å²) in [6, 6.07) is 11.9. The van der Waals surface area contributed by atoms with Crippen molar-refractivity contribution in [2.45, 2.75) is 0 Å². The Morgan fingerprint density at radius 1 is 0.947 bits per heavy atom. The van der Waals surface area contributed by atoms with Crippen LogP contribution in [0.15, 0.2) is 48.5 Å². The predicted molar refractivity (Wildman–Crippen MR) is 70.5 cm³/mol. The minimum Gasteiger partial charge on any atom is -0.329 e. The number of hydrogen-bond donors (Lipinski definition) is 2. The van der Waals surface area contributed by atoms with Gasteiger partial charge in [0.15, 0.2) is 0 Å². The van der Waals surface area contributed by atoms with Crippen molar-refractivity contribution in [1.82, 2.24) is 0 Å². The van der Waals surface area contributed by atoms with Crippen molar-refractivity contribution in [3.63, 3.8) is 0 Å². The van der Waals surface area contributed by atoms with Crippen molar-refractivity contribution in [3.05, 3.63) is 59.9 Å². The van der Waals surface area contributed by atoms with E-state index in [1.54, 1.807) is 24.3 Å². The molecule has 2 aromatic rings. The van der Waals surface area contributed by atoms with Crippen molar-refractivity contribution in [2.24, 2.45) is 0 Å². The number of anilines is 2. The molecule has 96 valence electrons. The summed E-state index contributed by atoms with van der Waals surface area (Å²) < 4.78 is 12.7. The Bertz CT molecular complexity index is 579. The predicted octanol–water partition coefficient (Wildman–Crippen LogP) is 2.65. The number of carbonyl (C=O) groups excluding carboxylic acids is 2. The van der Waals surface area contributed by atoms with Gasteiger partial charge in [-0.1, -0.05) is 0 Å². The Morgan fingerprint density at radius 2 is 1.53 bits per heavy atom. The van der Waals surface area contributed by atoms with E-state index in [0.29, 0.717) is 23.3 Å². The highest BCUT2D eigenvalue weighted by atomic mass is 19.1. The van der Waals surface area contributed by atoms with E-state index in [-0.39, 0.29) is 11.7 Å². The minimum absolute atomic E-state index is 0.302. The molecular formula is C14H11FN2O2. The summed E-state index contributed by atoms with van der Waals surface area (Å²) in [5.74, 6) is -0.661. The highest BCUT2D eigenvalue weighted by molar-refractivity contribution is 6.04. The summed E-state index contributed by atoms with van der Waals surface area (Å²) in [6.07, 6.45) is 0.563. The number of carbonyl (C=O) groups is 2. The molecule has 0 aliphatic heterocycles. The molecule has 0 radical (unpaired) electrons. The molecular weight excluding hydrogens is 247 g/mol. The first kappa shape index (κ1) is 12.8. The van der Waals surface area contributed by atoms with Gasteiger partial charge in [0.1, 0.15) is 5.82 Å². The van der Waals surface area contributed by atoms with Gasteiger partial charge in [-0.2, -0.15) is 0 Å². The summed E-state index contributed by atoms with van der Waals surface area (Å²) >= 11 is 0. The first-order valence-electron chi connectivity index (χ1n) is 5.56. The van der Waals surface area contributed by atoms with Crippen LogP contribution in [0.2, 0.25) is 0 Å². The minimum atomic E-state index is -0.359. The Hall–Kier alpha value is -2.69. The maximum absolute atomic E-state index is 12.7. The van der Waals surface area contributed by atoms with E-state index in [1.807, 2.05) is 0 Å². The van der Waals surface area contributed by atoms with Crippen LogP contribution in [0.5, 0.6) is 0 Å². The second-order valence-corrected chi connectivity index (χ2v) is 3.80. The van der Waals surface area contributed by atoms with Gasteiger partial charge in [-0.05, 0) is 48.5 Å². The highest BCUT2D eigenvalue weighted by Gasteiger charge is 2.05. The zero-order valence-electron chi connectivity index (χ0n) is 9.89. The fourth-order valence-corrected chi connectivity index (χ4v) is 1.52. The molecule has 0 heterocycles. The van der Waals surface area contributed by atoms with E-state index in [1.165, 1.54) is 24.3 Å². The lowest BCUT2D eigenvalue weighted by molar-refractivity contribution is -0.105. The van der Waals surface area contributed by atoms with E-state index in [9.17, 15) is 14.0 Å². The molecule has 0 unspecified atom stereocenters. The van der Waals surface area contributed by atoms with Gasteiger partial charge >= 0.3 is 0 Å². The van der Waals surface area contributed by atoms with E-state index in [0.717, 1.165) is 0 Å². The molecule has 19 heavy (non-hydrogen) atoms. The molecule has 0 spiro atoms. The summed E-state index contributed by atoms with van der Waals surface area (Å²) in [7, 11) is 0. The van der Waals surface area contributed by atoms with Crippen LogP contribution >= 0.6 is 0 Å². The molecule has 4 nitrogen and oxygen atoms in total. The van der Waals surface area contributed by atoms with Crippen LogP contribution in [0.3, 0.4) is 0 Å². The van der Waals surface area contributed by atoms with E-state index in [4.69, 9.17) is 0 Å². The quantitative estimate of drug-likeness (QED) is 0.828. The molecule has 5 heteroatoms. The summed E-state index contributed by atoms with van der Waals surface area (Å²) in [6.45, 7) is 0. The van der Waals surface area contributed by atoms with E-state index < -0.39 is 0 Å². The molecule has 2 amide bonds. The highest BCUT2D eigenvalue weighted by Crippen LogP contribution is 2.12. The Kier molecular flexibility index (Phi) is 3.87. The molecule has 0 aromatic heterocycles. The molecule has 0 bridgehead atoms. The van der Waals surface area contributed by atoms with Gasteiger partial charge in [0, 0.05) is 16.9 Å². The summed E-state index contributed by atoms with van der Waals surface area (Å²) in [5.41, 5.74) is 1.57. The third-order valence-corrected chi connectivity index (χ3v) is 2.47.